The third-order valence-electron chi connectivity index (χ3n) is 3.08. The minimum absolute atomic E-state index is 0.0732. The summed E-state index contributed by atoms with van der Waals surface area (Å²) in [7, 11) is 0. The summed E-state index contributed by atoms with van der Waals surface area (Å²) < 4.78 is 0. The molecule has 1 aromatic carbocycles. The van der Waals surface area contributed by atoms with Crippen molar-refractivity contribution in [3.8, 4) is 0 Å². The van der Waals surface area contributed by atoms with Crippen molar-refractivity contribution < 1.29 is 14.7 Å². The molecule has 110 valence electrons. The average molecular weight is 278 g/mol. The Morgan fingerprint density at radius 3 is 2.30 bits per heavy atom. The first-order valence-corrected chi connectivity index (χ1v) is 6.86. The summed E-state index contributed by atoms with van der Waals surface area (Å²) in [5.41, 5.74) is 2.05. The molecule has 0 bridgehead atoms. The molecule has 0 radical (unpaired) electrons. The lowest BCUT2D eigenvalue weighted by Crippen LogP contribution is -2.39. The summed E-state index contributed by atoms with van der Waals surface area (Å²) in [6, 6.07) is 7.29. The zero-order valence-electron chi connectivity index (χ0n) is 12.0. The molecule has 1 aromatic rings. The minimum Gasteiger partial charge on any atom is -0.394 e. The van der Waals surface area contributed by atoms with Crippen LogP contribution < -0.4 is 10.6 Å². The largest absolute Gasteiger partial charge is 0.394 e. The Morgan fingerprint density at radius 1 is 1.15 bits per heavy atom. The number of aliphatic hydroxyl groups is 1. The van der Waals surface area contributed by atoms with Crippen molar-refractivity contribution >= 4 is 11.8 Å². The van der Waals surface area contributed by atoms with Gasteiger partial charge in [-0.2, -0.15) is 0 Å². The van der Waals surface area contributed by atoms with Crippen LogP contribution in [0.2, 0.25) is 0 Å². The number of hydrogen-bond donors (Lipinski definition) is 3. The number of carbonyl (C=O) groups is 2. The molecule has 2 amide bonds. The van der Waals surface area contributed by atoms with Crippen molar-refractivity contribution in [1.82, 2.24) is 10.6 Å². The molecule has 1 unspecified atom stereocenters. The second-order valence-electron chi connectivity index (χ2n) is 4.53. The molecule has 0 fully saturated rings. The molecule has 20 heavy (non-hydrogen) atoms. The van der Waals surface area contributed by atoms with E-state index in [0.29, 0.717) is 6.42 Å². The summed E-state index contributed by atoms with van der Waals surface area (Å²) in [5.74, 6) is -0.488. The van der Waals surface area contributed by atoms with Gasteiger partial charge in [0.25, 0.3) is 0 Å². The zero-order chi connectivity index (χ0) is 15.0. The van der Waals surface area contributed by atoms with Crippen LogP contribution in [0.4, 0.5) is 0 Å². The van der Waals surface area contributed by atoms with E-state index in [1.54, 1.807) is 6.92 Å². The number of benzene rings is 1. The van der Waals surface area contributed by atoms with Gasteiger partial charge in [0.15, 0.2) is 0 Å². The molecule has 0 saturated heterocycles. The topological polar surface area (TPSA) is 78.4 Å². The highest BCUT2D eigenvalue weighted by Gasteiger charge is 2.13. The molecular weight excluding hydrogens is 256 g/mol. The van der Waals surface area contributed by atoms with E-state index in [1.165, 1.54) is 5.56 Å². The molecule has 0 aliphatic heterocycles. The third kappa shape index (κ3) is 5.01. The number of aryl methyl sites for hydroxylation is 1. The van der Waals surface area contributed by atoms with Crippen LogP contribution in [-0.4, -0.2) is 30.1 Å². The summed E-state index contributed by atoms with van der Waals surface area (Å²) in [6.45, 7) is 3.53. The van der Waals surface area contributed by atoms with Crippen LogP contribution in [0, 0.1) is 0 Å². The second kappa shape index (κ2) is 8.32. The second-order valence-corrected chi connectivity index (χ2v) is 4.53. The number of hydrogen-bond acceptors (Lipinski definition) is 3. The summed E-state index contributed by atoms with van der Waals surface area (Å²) in [4.78, 5) is 22.8. The predicted octanol–water partition coefficient (Wildman–Crippen LogP) is 0.925. The van der Waals surface area contributed by atoms with Gasteiger partial charge >= 0.3 is 0 Å². The maximum atomic E-state index is 11.7. The van der Waals surface area contributed by atoms with Crippen LogP contribution in [-0.2, 0) is 16.0 Å². The number of rotatable bonds is 7. The Hall–Kier alpha value is -1.88. The van der Waals surface area contributed by atoms with Gasteiger partial charge in [0.1, 0.15) is 0 Å². The quantitative estimate of drug-likeness (QED) is 0.694. The van der Waals surface area contributed by atoms with E-state index in [0.717, 1.165) is 12.0 Å². The number of carbonyl (C=O) groups excluding carboxylic acids is 2. The van der Waals surface area contributed by atoms with Gasteiger partial charge in [-0.15, -0.1) is 0 Å². The Bertz CT molecular complexity index is 443. The van der Waals surface area contributed by atoms with E-state index in [4.69, 9.17) is 0 Å². The first-order valence-electron chi connectivity index (χ1n) is 6.86. The normalized spacial score (nSPS) is 11.8. The molecule has 0 saturated carbocycles. The van der Waals surface area contributed by atoms with Gasteiger partial charge in [-0.05, 0) is 17.5 Å². The standard InChI is InChI=1S/C15H22N2O3/c1-3-11-5-7-12(8-6-11)13(10-18)17-15(20)9-16-14(19)4-2/h5-8,13,18H,3-4,9-10H2,1-2H3,(H,16,19)(H,17,20). The Labute approximate surface area is 119 Å². The zero-order valence-corrected chi connectivity index (χ0v) is 12.0. The van der Waals surface area contributed by atoms with Crippen molar-refractivity contribution in [2.24, 2.45) is 0 Å². The highest BCUT2D eigenvalue weighted by Crippen LogP contribution is 2.13. The van der Waals surface area contributed by atoms with Crippen LogP contribution >= 0.6 is 0 Å². The first-order chi connectivity index (χ1) is 9.60. The predicted molar refractivity (Wildman–Crippen MR) is 77.1 cm³/mol. The fourth-order valence-electron chi connectivity index (χ4n) is 1.77. The molecule has 1 atom stereocenters. The van der Waals surface area contributed by atoms with Gasteiger partial charge in [-0.25, -0.2) is 0 Å². The van der Waals surface area contributed by atoms with Gasteiger partial charge in [-0.3, -0.25) is 9.59 Å². The molecule has 0 aromatic heterocycles. The lowest BCUT2D eigenvalue weighted by Gasteiger charge is -2.17. The third-order valence-corrected chi connectivity index (χ3v) is 3.08. The average Bonchev–Trinajstić information content (AvgIpc) is 2.50. The molecule has 1 rings (SSSR count). The van der Waals surface area contributed by atoms with E-state index in [2.05, 4.69) is 17.6 Å². The van der Waals surface area contributed by atoms with E-state index in [-0.39, 0.29) is 25.0 Å². The molecule has 0 aliphatic carbocycles. The molecule has 0 heterocycles. The number of nitrogens with one attached hydrogen (secondary N) is 2. The fraction of sp³-hybridized carbons (Fsp3) is 0.467. The first kappa shape index (κ1) is 16.2. The van der Waals surface area contributed by atoms with Crippen molar-refractivity contribution in [2.75, 3.05) is 13.2 Å². The Balaban J connectivity index is 2.57. The van der Waals surface area contributed by atoms with E-state index in [1.807, 2.05) is 24.3 Å². The lowest BCUT2D eigenvalue weighted by molar-refractivity contribution is -0.126. The van der Waals surface area contributed by atoms with Gasteiger partial charge in [0.05, 0.1) is 19.2 Å². The van der Waals surface area contributed by atoms with Crippen molar-refractivity contribution in [3.63, 3.8) is 0 Å². The van der Waals surface area contributed by atoms with Crippen molar-refractivity contribution in [3.05, 3.63) is 35.4 Å². The summed E-state index contributed by atoms with van der Waals surface area (Å²) in [5, 5.41) is 14.6. The fourth-order valence-corrected chi connectivity index (χ4v) is 1.77. The Kier molecular flexibility index (Phi) is 6.73. The molecule has 5 heteroatoms. The molecule has 0 aliphatic rings. The maximum absolute atomic E-state index is 11.7. The van der Waals surface area contributed by atoms with Gasteiger partial charge in [-0.1, -0.05) is 38.1 Å². The van der Waals surface area contributed by atoms with Crippen molar-refractivity contribution in [1.29, 1.82) is 0 Å². The van der Waals surface area contributed by atoms with Gasteiger partial charge in [0, 0.05) is 6.42 Å². The number of amides is 2. The Morgan fingerprint density at radius 2 is 1.80 bits per heavy atom. The highest BCUT2D eigenvalue weighted by molar-refractivity contribution is 5.84. The smallest absolute Gasteiger partial charge is 0.239 e. The van der Waals surface area contributed by atoms with Crippen LogP contribution in [0.1, 0.15) is 37.4 Å². The highest BCUT2D eigenvalue weighted by atomic mass is 16.3. The minimum atomic E-state index is -0.452. The van der Waals surface area contributed by atoms with Crippen LogP contribution in [0.3, 0.4) is 0 Å². The van der Waals surface area contributed by atoms with Gasteiger partial charge in [0.2, 0.25) is 11.8 Å². The van der Waals surface area contributed by atoms with Crippen LogP contribution in [0.25, 0.3) is 0 Å². The summed E-state index contributed by atoms with van der Waals surface area (Å²) >= 11 is 0. The van der Waals surface area contributed by atoms with Crippen molar-refractivity contribution in [2.45, 2.75) is 32.7 Å². The van der Waals surface area contributed by atoms with E-state index >= 15 is 0 Å². The molecular formula is C15H22N2O3. The molecule has 0 spiro atoms. The number of aliphatic hydroxyl groups excluding tert-OH is 1. The van der Waals surface area contributed by atoms with Gasteiger partial charge < -0.3 is 15.7 Å². The van der Waals surface area contributed by atoms with Crippen LogP contribution in [0.5, 0.6) is 0 Å². The molecule has 3 N–H and O–H groups in total. The maximum Gasteiger partial charge on any atom is 0.239 e. The van der Waals surface area contributed by atoms with Crippen LogP contribution in [0.15, 0.2) is 24.3 Å². The lowest BCUT2D eigenvalue weighted by atomic mass is 10.0. The van der Waals surface area contributed by atoms with E-state index < -0.39 is 6.04 Å². The SMILES string of the molecule is CCC(=O)NCC(=O)NC(CO)c1ccc(CC)cc1. The monoisotopic (exact) mass is 278 g/mol. The molecule has 5 nitrogen and oxygen atoms in total. The summed E-state index contributed by atoms with van der Waals surface area (Å²) in [6.07, 6.45) is 1.29. The van der Waals surface area contributed by atoms with E-state index in [9.17, 15) is 14.7 Å².